The summed E-state index contributed by atoms with van der Waals surface area (Å²) < 4.78 is 0. The van der Waals surface area contributed by atoms with Crippen molar-refractivity contribution in [3.8, 4) is 6.07 Å². The van der Waals surface area contributed by atoms with Crippen molar-refractivity contribution in [1.29, 1.82) is 5.26 Å². The predicted molar refractivity (Wildman–Crippen MR) is 113 cm³/mol. The van der Waals surface area contributed by atoms with Crippen LogP contribution in [0.5, 0.6) is 0 Å². The van der Waals surface area contributed by atoms with Crippen molar-refractivity contribution >= 4 is 5.91 Å². The summed E-state index contributed by atoms with van der Waals surface area (Å²) in [5.41, 5.74) is 3.46. The number of H-pyrrole nitrogens is 1. The van der Waals surface area contributed by atoms with Gasteiger partial charge in [0.1, 0.15) is 11.6 Å². The molecule has 6 heteroatoms. The number of aromatic amines is 1. The molecular formula is C23H28N4O2. The highest BCUT2D eigenvalue weighted by molar-refractivity contribution is 5.76. The van der Waals surface area contributed by atoms with Gasteiger partial charge < -0.3 is 9.88 Å². The second kappa shape index (κ2) is 9.53. The van der Waals surface area contributed by atoms with E-state index in [9.17, 15) is 14.9 Å². The lowest BCUT2D eigenvalue weighted by atomic mass is 9.99. The van der Waals surface area contributed by atoms with Crippen LogP contribution in [0.1, 0.15) is 34.4 Å². The summed E-state index contributed by atoms with van der Waals surface area (Å²) in [7, 11) is 0. The lowest BCUT2D eigenvalue weighted by Gasteiger charge is -2.35. The fourth-order valence-electron chi connectivity index (χ4n) is 3.96. The summed E-state index contributed by atoms with van der Waals surface area (Å²) in [6.07, 6.45) is 1.96. The minimum atomic E-state index is -0.357. The second-order valence-electron chi connectivity index (χ2n) is 7.63. The summed E-state index contributed by atoms with van der Waals surface area (Å²) in [5.74, 6) is 0.135. The molecule has 152 valence electrons. The Hall–Kier alpha value is -2.91. The Kier molecular flexibility index (Phi) is 6.84. The van der Waals surface area contributed by atoms with Crippen LogP contribution in [0.2, 0.25) is 0 Å². The quantitative estimate of drug-likeness (QED) is 0.817. The molecule has 0 spiro atoms. The number of aryl methyl sites for hydroxylation is 1. The Morgan fingerprint density at radius 2 is 1.79 bits per heavy atom. The van der Waals surface area contributed by atoms with Gasteiger partial charge in [0.15, 0.2) is 0 Å². The number of nitrogens with one attached hydrogen (secondary N) is 1. The Labute approximate surface area is 171 Å². The van der Waals surface area contributed by atoms with Crippen LogP contribution < -0.4 is 5.56 Å². The standard InChI is InChI=1S/C23H28N4O2/c1-17-20(18(2)25-23(29)21(17)16-24)8-9-22(28)27-14-12-26(13-15-27)11-10-19-6-4-3-5-7-19/h3-7H,8-15H2,1-2H3,(H,25,29). The van der Waals surface area contributed by atoms with Crippen molar-refractivity contribution in [3.63, 3.8) is 0 Å². The molecule has 3 rings (SSSR count). The predicted octanol–water partition coefficient (Wildman–Crippen LogP) is 2.18. The highest BCUT2D eigenvalue weighted by atomic mass is 16.2. The zero-order chi connectivity index (χ0) is 20.8. The van der Waals surface area contributed by atoms with E-state index in [1.807, 2.05) is 24.0 Å². The van der Waals surface area contributed by atoms with E-state index >= 15 is 0 Å². The first kappa shape index (κ1) is 20.8. The molecule has 0 aliphatic carbocycles. The van der Waals surface area contributed by atoms with Crippen molar-refractivity contribution in [3.05, 3.63) is 68.6 Å². The van der Waals surface area contributed by atoms with Crippen LogP contribution in [0.3, 0.4) is 0 Å². The molecule has 0 atom stereocenters. The number of hydrogen-bond acceptors (Lipinski definition) is 4. The molecule has 1 aliphatic rings. The van der Waals surface area contributed by atoms with Gasteiger partial charge in [-0.05, 0) is 43.4 Å². The lowest BCUT2D eigenvalue weighted by Crippen LogP contribution is -2.49. The Bertz CT molecular complexity index is 951. The topological polar surface area (TPSA) is 80.2 Å². The number of benzene rings is 1. The first-order valence-corrected chi connectivity index (χ1v) is 10.2. The number of nitriles is 1. The maximum atomic E-state index is 12.7. The summed E-state index contributed by atoms with van der Waals surface area (Å²) in [4.78, 5) is 31.6. The van der Waals surface area contributed by atoms with Crippen LogP contribution in [-0.2, 0) is 17.6 Å². The summed E-state index contributed by atoms with van der Waals surface area (Å²) in [6.45, 7) is 7.91. The average molecular weight is 393 g/mol. The fourth-order valence-corrected chi connectivity index (χ4v) is 3.96. The highest BCUT2D eigenvalue weighted by Crippen LogP contribution is 2.16. The number of piperazine rings is 1. The number of pyridine rings is 1. The summed E-state index contributed by atoms with van der Waals surface area (Å²) in [5, 5.41) is 9.19. The van der Waals surface area contributed by atoms with Gasteiger partial charge >= 0.3 is 0 Å². The third kappa shape index (κ3) is 5.12. The van der Waals surface area contributed by atoms with Gasteiger partial charge in [-0.2, -0.15) is 5.26 Å². The number of carbonyl (C=O) groups is 1. The molecule has 1 saturated heterocycles. The molecule has 6 nitrogen and oxygen atoms in total. The molecule has 1 fully saturated rings. The average Bonchev–Trinajstić information content (AvgIpc) is 2.73. The molecule has 2 heterocycles. The zero-order valence-electron chi connectivity index (χ0n) is 17.2. The number of nitrogens with zero attached hydrogens (tertiary/aromatic N) is 3. The zero-order valence-corrected chi connectivity index (χ0v) is 17.2. The van der Waals surface area contributed by atoms with Gasteiger partial charge in [-0.25, -0.2) is 0 Å². The van der Waals surface area contributed by atoms with Gasteiger partial charge in [-0.15, -0.1) is 0 Å². The molecule has 29 heavy (non-hydrogen) atoms. The molecule has 1 aliphatic heterocycles. The maximum Gasteiger partial charge on any atom is 0.266 e. The molecule has 1 N–H and O–H groups in total. The van der Waals surface area contributed by atoms with Gasteiger partial charge in [-0.3, -0.25) is 14.5 Å². The Morgan fingerprint density at radius 1 is 1.10 bits per heavy atom. The second-order valence-corrected chi connectivity index (χ2v) is 7.63. The molecule has 0 radical (unpaired) electrons. The van der Waals surface area contributed by atoms with Gasteiger partial charge in [0, 0.05) is 44.8 Å². The molecule has 1 amide bonds. The van der Waals surface area contributed by atoms with E-state index in [2.05, 4.69) is 34.1 Å². The molecule has 2 aromatic rings. The fraction of sp³-hybridized carbons (Fsp3) is 0.435. The molecule has 1 aromatic heterocycles. The third-order valence-electron chi connectivity index (χ3n) is 5.79. The normalized spacial score (nSPS) is 14.6. The van der Waals surface area contributed by atoms with Gasteiger partial charge in [0.05, 0.1) is 0 Å². The SMILES string of the molecule is Cc1[nH]c(=O)c(C#N)c(C)c1CCC(=O)N1CCN(CCc2ccccc2)CC1. The number of hydrogen-bond donors (Lipinski definition) is 1. The van der Waals surface area contributed by atoms with Gasteiger partial charge in [0.25, 0.3) is 5.56 Å². The molecule has 0 bridgehead atoms. The minimum absolute atomic E-state index is 0.135. The van der Waals surface area contributed by atoms with Crippen LogP contribution in [0.25, 0.3) is 0 Å². The van der Waals surface area contributed by atoms with Crippen molar-refractivity contribution in [2.75, 3.05) is 32.7 Å². The Morgan fingerprint density at radius 3 is 2.45 bits per heavy atom. The number of amides is 1. The van der Waals surface area contributed by atoms with Crippen molar-refractivity contribution in [2.45, 2.75) is 33.1 Å². The van der Waals surface area contributed by atoms with Crippen molar-refractivity contribution < 1.29 is 4.79 Å². The summed E-state index contributed by atoms with van der Waals surface area (Å²) >= 11 is 0. The van der Waals surface area contributed by atoms with Crippen LogP contribution in [0.4, 0.5) is 0 Å². The van der Waals surface area contributed by atoms with E-state index in [-0.39, 0.29) is 17.0 Å². The van der Waals surface area contributed by atoms with Crippen molar-refractivity contribution in [2.24, 2.45) is 0 Å². The van der Waals surface area contributed by atoms with E-state index in [1.165, 1.54) is 5.56 Å². The molecule has 0 saturated carbocycles. The first-order chi connectivity index (χ1) is 14.0. The van der Waals surface area contributed by atoms with Crippen LogP contribution in [0, 0.1) is 25.2 Å². The van der Waals surface area contributed by atoms with Crippen LogP contribution in [0.15, 0.2) is 35.1 Å². The molecule has 0 unspecified atom stereocenters. The highest BCUT2D eigenvalue weighted by Gasteiger charge is 2.21. The molecular weight excluding hydrogens is 364 g/mol. The number of aromatic nitrogens is 1. The summed E-state index contributed by atoms with van der Waals surface area (Å²) in [6, 6.07) is 12.4. The van der Waals surface area contributed by atoms with E-state index in [0.717, 1.165) is 50.4 Å². The number of carbonyl (C=O) groups excluding carboxylic acids is 1. The van der Waals surface area contributed by atoms with Gasteiger partial charge in [-0.1, -0.05) is 30.3 Å². The third-order valence-corrected chi connectivity index (χ3v) is 5.79. The minimum Gasteiger partial charge on any atom is -0.340 e. The van der Waals surface area contributed by atoms with E-state index in [4.69, 9.17) is 0 Å². The van der Waals surface area contributed by atoms with Crippen LogP contribution in [-0.4, -0.2) is 53.4 Å². The molecule has 1 aromatic carbocycles. The smallest absolute Gasteiger partial charge is 0.266 e. The monoisotopic (exact) mass is 392 g/mol. The van der Waals surface area contributed by atoms with E-state index in [1.54, 1.807) is 6.92 Å². The van der Waals surface area contributed by atoms with E-state index in [0.29, 0.717) is 18.4 Å². The first-order valence-electron chi connectivity index (χ1n) is 10.2. The Balaban J connectivity index is 1.49. The lowest BCUT2D eigenvalue weighted by molar-refractivity contribution is -0.132. The number of rotatable bonds is 6. The van der Waals surface area contributed by atoms with Crippen molar-refractivity contribution in [1.82, 2.24) is 14.8 Å². The largest absolute Gasteiger partial charge is 0.340 e. The maximum absolute atomic E-state index is 12.7. The van der Waals surface area contributed by atoms with Gasteiger partial charge in [0.2, 0.25) is 5.91 Å². The van der Waals surface area contributed by atoms with Crippen LogP contribution >= 0.6 is 0 Å². The van der Waals surface area contributed by atoms with E-state index < -0.39 is 0 Å².